The highest BCUT2D eigenvalue weighted by Gasteiger charge is 2.38. The maximum atomic E-state index is 12.2. The molecule has 2 aliphatic rings. The molecule has 1 atom stereocenters. The van der Waals surface area contributed by atoms with E-state index in [1.54, 1.807) is 4.90 Å². The van der Waals surface area contributed by atoms with Crippen molar-refractivity contribution in [2.24, 2.45) is 0 Å². The monoisotopic (exact) mass is 317 g/mol. The summed E-state index contributed by atoms with van der Waals surface area (Å²) in [5.74, 6) is -0.0452. The Morgan fingerprint density at radius 1 is 1.36 bits per heavy atom. The van der Waals surface area contributed by atoms with E-state index in [9.17, 15) is 9.59 Å². The first-order valence-corrected chi connectivity index (χ1v) is 8.11. The molecule has 6 nitrogen and oxygen atoms in total. The average molecular weight is 317 g/mol. The molecule has 7 heteroatoms. The summed E-state index contributed by atoms with van der Waals surface area (Å²) in [5.41, 5.74) is 0.934. The largest absolute Gasteiger partial charge is 0.463 e. The average Bonchev–Trinajstić information content (AvgIpc) is 3.07. The lowest BCUT2D eigenvalue weighted by atomic mass is 10.1. The lowest BCUT2D eigenvalue weighted by Crippen LogP contribution is -2.59. The van der Waals surface area contributed by atoms with E-state index in [0.29, 0.717) is 31.1 Å². The van der Waals surface area contributed by atoms with Crippen LogP contribution < -0.4 is 10.1 Å². The standard InChI is InChI=1S/C15H15N3O3S/c19-13-6-5-11(16-13)14(20)18-7-9(8-18)21-15-17-10-3-1-2-4-12(10)22-15/h1-4,9,11H,5-8H2,(H,16,19)/t11-/m1/s1. The van der Waals surface area contributed by atoms with E-state index in [4.69, 9.17) is 4.74 Å². The molecule has 0 spiro atoms. The third-order valence-corrected chi connectivity index (χ3v) is 4.92. The number of hydrogen-bond acceptors (Lipinski definition) is 5. The van der Waals surface area contributed by atoms with Gasteiger partial charge in [0.25, 0.3) is 5.19 Å². The van der Waals surface area contributed by atoms with Gasteiger partial charge in [-0.1, -0.05) is 23.5 Å². The Morgan fingerprint density at radius 3 is 2.91 bits per heavy atom. The van der Waals surface area contributed by atoms with Gasteiger partial charge in [-0.15, -0.1) is 0 Å². The minimum atomic E-state index is -0.351. The number of para-hydroxylation sites is 1. The second-order valence-corrected chi connectivity index (χ2v) is 6.58. The summed E-state index contributed by atoms with van der Waals surface area (Å²) in [7, 11) is 0. The molecule has 114 valence electrons. The Kier molecular flexibility index (Phi) is 3.22. The molecule has 1 N–H and O–H groups in total. The van der Waals surface area contributed by atoms with Gasteiger partial charge in [0.15, 0.2) is 0 Å². The van der Waals surface area contributed by atoms with Crippen LogP contribution in [-0.2, 0) is 9.59 Å². The number of hydrogen-bond donors (Lipinski definition) is 1. The Hall–Kier alpha value is -2.15. The molecular weight excluding hydrogens is 302 g/mol. The van der Waals surface area contributed by atoms with Crippen molar-refractivity contribution in [1.82, 2.24) is 15.2 Å². The van der Waals surface area contributed by atoms with Crippen LogP contribution in [0.3, 0.4) is 0 Å². The number of carbonyl (C=O) groups is 2. The fourth-order valence-corrected chi connectivity index (χ4v) is 3.64. The normalized spacial score (nSPS) is 21.7. The second kappa shape index (κ2) is 5.24. The quantitative estimate of drug-likeness (QED) is 0.922. The topological polar surface area (TPSA) is 71.5 Å². The molecule has 2 saturated heterocycles. The van der Waals surface area contributed by atoms with Gasteiger partial charge in [0.05, 0.1) is 23.3 Å². The van der Waals surface area contributed by atoms with Crippen molar-refractivity contribution >= 4 is 33.4 Å². The zero-order valence-corrected chi connectivity index (χ0v) is 12.6. The number of nitrogens with zero attached hydrogens (tertiary/aromatic N) is 2. The number of ether oxygens (including phenoxy) is 1. The second-order valence-electron chi connectivity index (χ2n) is 5.59. The van der Waals surface area contributed by atoms with Gasteiger partial charge in [0.2, 0.25) is 11.8 Å². The van der Waals surface area contributed by atoms with E-state index >= 15 is 0 Å². The molecule has 2 fully saturated rings. The summed E-state index contributed by atoms with van der Waals surface area (Å²) in [6.07, 6.45) is 1.02. The molecule has 0 radical (unpaired) electrons. The fraction of sp³-hybridized carbons (Fsp3) is 0.400. The van der Waals surface area contributed by atoms with Gasteiger partial charge in [0.1, 0.15) is 12.1 Å². The van der Waals surface area contributed by atoms with E-state index in [1.165, 1.54) is 11.3 Å². The van der Waals surface area contributed by atoms with Gasteiger partial charge in [0, 0.05) is 6.42 Å². The van der Waals surface area contributed by atoms with Gasteiger partial charge in [-0.05, 0) is 18.6 Å². The molecule has 22 heavy (non-hydrogen) atoms. The molecule has 2 amide bonds. The van der Waals surface area contributed by atoms with E-state index in [0.717, 1.165) is 10.2 Å². The number of thiazole rings is 1. The summed E-state index contributed by atoms with van der Waals surface area (Å²) < 4.78 is 6.92. The predicted molar refractivity (Wildman–Crippen MR) is 81.8 cm³/mol. The first kappa shape index (κ1) is 13.5. The fourth-order valence-electron chi connectivity index (χ4n) is 2.76. The van der Waals surface area contributed by atoms with Crippen molar-refractivity contribution in [2.75, 3.05) is 13.1 Å². The molecule has 0 aliphatic carbocycles. The number of nitrogens with one attached hydrogen (secondary N) is 1. The van der Waals surface area contributed by atoms with Gasteiger partial charge in [-0.25, -0.2) is 4.98 Å². The minimum absolute atomic E-state index is 0.00463. The van der Waals surface area contributed by atoms with Crippen molar-refractivity contribution in [3.8, 4) is 5.19 Å². The smallest absolute Gasteiger partial charge is 0.274 e. The Balaban J connectivity index is 1.33. The summed E-state index contributed by atoms with van der Waals surface area (Å²) in [6.45, 7) is 1.11. The third-order valence-electron chi connectivity index (χ3n) is 3.99. The summed E-state index contributed by atoms with van der Waals surface area (Å²) in [6, 6.07) is 7.54. The zero-order chi connectivity index (χ0) is 15.1. The number of aromatic nitrogens is 1. The molecule has 1 aromatic carbocycles. The first-order valence-electron chi connectivity index (χ1n) is 7.29. The van der Waals surface area contributed by atoms with Crippen molar-refractivity contribution in [3.05, 3.63) is 24.3 Å². The number of fused-ring (bicyclic) bond motifs is 1. The number of amides is 2. The van der Waals surface area contributed by atoms with E-state index < -0.39 is 0 Å². The minimum Gasteiger partial charge on any atom is -0.463 e. The van der Waals surface area contributed by atoms with Crippen molar-refractivity contribution in [2.45, 2.75) is 25.0 Å². The van der Waals surface area contributed by atoms with E-state index in [1.807, 2.05) is 24.3 Å². The van der Waals surface area contributed by atoms with Crippen molar-refractivity contribution in [3.63, 3.8) is 0 Å². The number of rotatable bonds is 3. The first-order chi connectivity index (χ1) is 10.7. The predicted octanol–water partition coefficient (Wildman–Crippen LogP) is 1.16. The number of carbonyl (C=O) groups excluding carboxylic acids is 2. The molecule has 3 heterocycles. The molecule has 0 unspecified atom stereocenters. The van der Waals surface area contributed by atoms with Crippen molar-refractivity contribution < 1.29 is 14.3 Å². The van der Waals surface area contributed by atoms with Crippen LogP contribution in [0.1, 0.15) is 12.8 Å². The Bertz CT molecular complexity index is 705. The maximum absolute atomic E-state index is 12.2. The SMILES string of the molecule is O=C1CC[C@H](C(=O)N2CC(Oc3nc4ccccc4s3)C2)N1. The number of benzene rings is 1. The molecule has 1 aromatic heterocycles. The summed E-state index contributed by atoms with van der Waals surface area (Å²) in [5, 5.41) is 3.35. The molecular formula is C15H15N3O3S. The molecule has 0 saturated carbocycles. The Morgan fingerprint density at radius 2 is 2.18 bits per heavy atom. The molecule has 2 aliphatic heterocycles. The Labute approximate surface area is 131 Å². The van der Waals surface area contributed by atoms with Gasteiger partial charge >= 0.3 is 0 Å². The highest BCUT2D eigenvalue weighted by Crippen LogP contribution is 2.29. The van der Waals surface area contributed by atoms with Crippen LogP contribution in [0.2, 0.25) is 0 Å². The summed E-state index contributed by atoms with van der Waals surface area (Å²) >= 11 is 1.52. The van der Waals surface area contributed by atoms with Crippen molar-refractivity contribution in [1.29, 1.82) is 0 Å². The lowest BCUT2D eigenvalue weighted by molar-refractivity contribution is -0.142. The maximum Gasteiger partial charge on any atom is 0.274 e. The molecule has 4 rings (SSSR count). The van der Waals surface area contributed by atoms with Crippen LogP contribution in [0.5, 0.6) is 5.19 Å². The van der Waals surface area contributed by atoms with Crippen LogP contribution in [-0.4, -0.2) is 46.9 Å². The highest BCUT2D eigenvalue weighted by molar-refractivity contribution is 7.20. The van der Waals surface area contributed by atoms with Crippen LogP contribution >= 0.6 is 11.3 Å². The van der Waals surface area contributed by atoms with E-state index in [-0.39, 0.29) is 24.0 Å². The van der Waals surface area contributed by atoms with Gasteiger partial charge < -0.3 is 15.0 Å². The molecule has 2 aromatic rings. The molecule has 0 bridgehead atoms. The van der Waals surface area contributed by atoms with Crippen LogP contribution in [0.25, 0.3) is 10.2 Å². The van der Waals surface area contributed by atoms with E-state index in [2.05, 4.69) is 10.3 Å². The van der Waals surface area contributed by atoms with Gasteiger partial charge in [-0.3, -0.25) is 9.59 Å². The van der Waals surface area contributed by atoms with Gasteiger partial charge in [-0.2, -0.15) is 0 Å². The van der Waals surface area contributed by atoms with Crippen LogP contribution in [0.15, 0.2) is 24.3 Å². The summed E-state index contributed by atoms with van der Waals surface area (Å²) in [4.78, 5) is 29.5. The lowest BCUT2D eigenvalue weighted by Gasteiger charge is -2.39. The zero-order valence-electron chi connectivity index (χ0n) is 11.8. The third kappa shape index (κ3) is 2.41. The van der Waals surface area contributed by atoms with Crippen LogP contribution in [0.4, 0.5) is 0 Å². The number of likely N-dealkylation sites (tertiary alicyclic amines) is 1. The highest BCUT2D eigenvalue weighted by atomic mass is 32.1. The van der Waals surface area contributed by atoms with Crippen LogP contribution in [0, 0.1) is 0 Å².